The van der Waals surface area contributed by atoms with Gasteiger partial charge in [0.25, 0.3) is 5.91 Å². The molecule has 5 nitrogen and oxygen atoms in total. The largest absolute Gasteiger partial charge is 0.481 e. The van der Waals surface area contributed by atoms with Crippen LogP contribution in [0.5, 0.6) is 5.75 Å². The van der Waals surface area contributed by atoms with E-state index in [1.54, 1.807) is 18.2 Å². The van der Waals surface area contributed by atoms with Crippen molar-refractivity contribution in [1.82, 2.24) is 10.6 Å². The number of hydrogen-bond donors (Lipinski definition) is 2. The summed E-state index contributed by atoms with van der Waals surface area (Å²) in [5, 5.41) is 5.40. The summed E-state index contributed by atoms with van der Waals surface area (Å²) in [5.41, 5.74) is 0. The van der Waals surface area contributed by atoms with E-state index < -0.39 is 11.9 Å². The number of carbonyl (C=O) groups excluding carboxylic acids is 2. The Morgan fingerprint density at radius 3 is 2.47 bits per heavy atom. The Bertz CT molecular complexity index is 483. The summed E-state index contributed by atoms with van der Waals surface area (Å²) >= 11 is 11.8. The second-order valence-electron chi connectivity index (χ2n) is 4.14. The summed E-state index contributed by atoms with van der Waals surface area (Å²) in [7, 11) is 0. The standard InChI is InChI=1S/C12H12Cl2N2O3/c13-8-2-1-3-9(14)11(8)19-6-10(17)16-12(18)15-7-4-5-7/h1-3,7H,4-6H2,(H2,15,16,17,18). The quantitative estimate of drug-likeness (QED) is 0.897. The van der Waals surface area contributed by atoms with Gasteiger partial charge in [0.05, 0.1) is 10.0 Å². The molecule has 0 spiro atoms. The highest BCUT2D eigenvalue weighted by Crippen LogP contribution is 2.32. The third-order valence-electron chi connectivity index (χ3n) is 2.43. The Morgan fingerprint density at radius 2 is 1.89 bits per heavy atom. The summed E-state index contributed by atoms with van der Waals surface area (Å²) in [5.74, 6) is -0.335. The molecule has 0 radical (unpaired) electrons. The van der Waals surface area contributed by atoms with Crippen molar-refractivity contribution in [3.8, 4) is 5.75 Å². The molecule has 0 unspecified atom stereocenters. The predicted octanol–water partition coefficient (Wildman–Crippen LogP) is 2.36. The Labute approximate surface area is 120 Å². The van der Waals surface area contributed by atoms with E-state index in [-0.39, 0.29) is 18.4 Å². The minimum absolute atomic E-state index is 0.187. The summed E-state index contributed by atoms with van der Waals surface area (Å²) in [6.07, 6.45) is 1.90. The first-order chi connectivity index (χ1) is 9.06. The third-order valence-corrected chi connectivity index (χ3v) is 3.03. The summed E-state index contributed by atoms with van der Waals surface area (Å²) < 4.78 is 5.19. The van der Waals surface area contributed by atoms with Crippen LogP contribution in [0.3, 0.4) is 0 Å². The third kappa shape index (κ3) is 4.29. The molecular formula is C12H12Cl2N2O3. The molecule has 1 aromatic carbocycles. The average molecular weight is 303 g/mol. The van der Waals surface area contributed by atoms with Crippen molar-refractivity contribution < 1.29 is 14.3 Å². The van der Waals surface area contributed by atoms with E-state index in [2.05, 4.69) is 10.6 Å². The molecule has 102 valence electrons. The van der Waals surface area contributed by atoms with Crippen molar-refractivity contribution in [3.05, 3.63) is 28.2 Å². The zero-order valence-electron chi connectivity index (χ0n) is 9.91. The van der Waals surface area contributed by atoms with Crippen molar-refractivity contribution in [2.24, 2.45) is 0 Å². The van der Waals surface area contributed by atoms with Gasteiger partial charge in [-0.15, -0.1) is 0 Å². The highest BCUT2D eigenvalue weighted by molar-refractivity contribution is 6.37. The SMILES string of the molecule is O=C(COc1c(Cl)cccc1Cl)NC(=O)NC1CC1. The molecule has 0 bridgehead atoms. The van der Waals surface area contributed by atoms with Gasteiger partial charge < -0.3 is 10.1 Å². The number of halogens is 2. The van der Waals surface area contributed by atoms with Crippen LogP contribution < -0.4 is 15.4 Å². The number of hydrogen-bond acceptors (Lipinski definition) is 3. The molecule has 0 saturated heterocycles. The zero-order valence-corrected chi connectivity index (χ0v) is 11.4. The molecule has 0 aromatic heterocycles. The zero-order chi connectivity index (χ0) is 13.8. The van der Waals surface area contributed by atoms with Crippen molar-refractivity contribution >= 4 is 35.1 Å². The van der Waals surface area contributed by atoms with Crippen LogP contribution in [0.25, 0.3) is 0 Å². The lowest BCUT2D eigenvalue weighted by molar-refractivity contribution is -0.122. The van der Waals surface area contributed by atoms with E-state index in [0.29, 0.717) is 10.0 Å². The molecular weight excluding hydrogens is 291 g/mol. The van der Waals surface area contributed by atoms with Crippen LogP contribution in [-0.4, -0.2) is 24.6 Å². The number of para-hydroxylation sites is 1. The molecule has 1 aliphatic carbocycles. The summed E-state index contributed by atoms with van der Waals surface area (Å²) in [4.78, 5) is 22.8. The number of ether oxygens (including phenoxy) is 1. The maximum Gasteiger partial charge on any atom is 0.321 e. The van der Waals surface area contributed by atoms with Gasteiger partial charge in [0.2, 0.25) is 0 Å². The van der Waals surface area contributed by atoms with Crippen LogP contribution in [0.1, 0.15) is 12.8 Å². The molecule has 0 heterocycles. The molecule has 7 heteroatoms. The Balaban J connectivity index is 1.80. The van der Waals surface area contributed by atoms with Gasteiger partial charge in [-0.1, -0.05) is 29.3 Å². The molecule has 0 atom stereocenters. The van der Waals surface area contributed by atoms with Crippen LogP contribution in [0, 0.1) is 0 Å². The average Bonchev–Trinajstić information content (AvgIpc) is 3.12. The summed E-state index contributed by atoms with van der Waals surface area (Å²) in [6.45, 7) is -0.332. The maximum absolute atomic E-state index is 11.5. The number of carbonyl (C=O) groups is 2. The molecule has 1 saturated carbocycles. The molecule has 2 rings (SSSR count). The fraction of sp³-hybridized carbons (Fsp3) is 0.333. The van der Waals surface area contributed by atoms with Gasteiger partial charge in [0.15, 0.2) is 12.4 Å². The fourth-order valence-electron chi connectivity index (χ4n) is 1.37. The van der Waals surface area contributed by atoms with Crippen molar-refractivity contribution in [2.45, 2.75) is 18.9 Å². The van der Waals surface area contributed by atoms with Crippen LogP contribution >= 0.6 is 23.2 Å². The van der Waals surface area contributed by atoms with Crippen LogP contribution in [-0.2, 0) is 4.79 Å². The Morgan fingerprint density at radius 1 is 1.26 bits per heavy atom. The first-order valence-electron chi connectivity index (χ1n) is 5.73. The molecule has 3 amide bonds. The van der Waals surface area contributed by atoms with Crippen LogP contribution in [0.15, 0.2) is 18.2 Å². The molecule has 1 aromatic rings. The smallest absolute Gasteiger partial charge is 0.321 e. The number of amides is 3. The molecule has 2 N–H and O–H groups in total. The van der Waals surface area contributed by atoms with E-state index in [4.69, 9.17) is 27.9 Å². The lowest BCUT2D eigenvalue weighted by atomic mass is 10.3. The molecule has 1 aliphatic rings. The van der Waals surface area contributed by atoms with Crippen LogP contribution in [0.4, 0.5) is 4.79 Å². The van der Waals surface area contributed by atoms with Gasteiger partial charge >= 0.3 is 6.03 Å². The summed E-state index contributed by atoms with van der Waals surface area (Å²) in [6, 6.07) is 4.54. The molecule has 19 heavy (non-hydrogen) atoms. The second-order valence-corrected chi connectivity index (χ2v) is 4.95. The number of imide groups is 1. The molecule has 1 fully saturated rings. The van der Waals surface area contributed by atoms with E-state index >= 15 is 0 Å². The van der Waals surface area contributed by atoms with E-state index in [1.807, 2.05) is 0 Å². The highest BCUT2D eigenvalue weighted by atomic mass is 35.5. The van der Waals surface area contributed by atoms with Gasteiger partial charge in [-0.3, -0.25) is 10.1 Å². The lowest BCUT2D eigenvalue weighted by Gasteiger charge is -2.09. The Kier molecular flexibility index (Phi) is 4.50. The monoisotopic (exact) mass is 302 g/mol. The topological polar surface area (TPSA) is 67.4 Å². The van der Waals surface area contributed by atoms with Crippen molar-refractivity contribution in [3.63, 3.8) is 0 Å². The van der Waals surface area contributed by atoms with Gasteiger partial charge in [-0.05, 0) is 25.0 Å². The van der Waals surface area contributed by atoms with E-state index in [0.717, 1.165) is 12.8 Å². The van der Waals surface area contributed by atoms with Crippen molar-refractivity contribution in [1.29, 1.82) is 0 Å². The van der Waals surface area contributed by atoms with E-state index in [1.165, 1.54) is 0 Å². The number of rotatable bonds is 4. The Hall–Kier alpha value is -1.46. The normalized spacial score (nSPS) is 13.8. The first kappa shape index (κ1) is 14.0. The first-order valence-corrected chi connectivity index (χ1v) is 6.49. The molecule has 0 aliphatic heterocycles. The van der Waals surface area contributed by atoms with Gasteiger partial charge in [-0.25, -0.2) is 4.79 Å². The van der Waals surface area contributed by atoms with Gasteiger partial charge in [0.1, 0.15) is 0 Å². The minimum atomic E-state index is -0.561. The fourth-order valence-corrected chi connectivity index (χ4v) is 1.88. The van der Waals surface area contributed by atoms with Crippen LogP contribution in [0.2, 0.25) is 10.0 Å². The number of nitrogens with one attached hydrogen (secondary N) is 2. The van der Waals surface area contributed by atoms with Gasteiger partial charge in [-0.2, -0.15) is 0 Å². The van der Waals surface area contributed by atoms with Crippen molar-refractivity contribution in [2.75, 3.05) is 6.61 Å². The second kappa shape index (κ2) is 6.12. The highest BCUT2D eigenvalue weighted by Gasteiger charge is 2.24. The minimum Gasteiger partial charge on any atom is -0.481 e. The number of benzene rings is 1. The lowest BCUT2D eigenvalue weighted by Crippen LogP contribution is -2.42. The van der Waals surface area contributed by atoms with Gasteiger partial charge in [0, 0.05) is 6.04 Å². The maximum atomic E-state index is 11.5. The predicted molar refractivity (Wildman–Crippen MR) is 71.7 cm³/mol. The van der Waals surface area contributed by atoms with E-state index in [9.17, 15) is 9.59 Å². The number of urea groups is 1.